The van der Waals surface area contributed by atoms with E-state index in [4.69, 9.17) is 16.0 Å². The van der Waals surface area contributed by atoms with Crippen LogP contribution < -0.4 is 0 Å². The number of furan rings is 1. The zero-order valence-corrected chi connectivity index (χ0v) is 6.54. The molecule has 1 rings (SSSR count). The van der Waals surface area contributed by atoms with E-state index in [0.29, 0.717) is 23.7 Å². The normalized spacial score (nSPS) is 10.6. The second-order valence-corrected chi connectivity index (χ2v) is 2.22. The molecule has 3 heteroatoms. The molecule has 0 aliphatic heterocycles. The Kier molecular flexibility index (Phi) is 2.93. The van der Waals surface area contributed by atoms with Gasteiger partial charge in [-0.15, -0.1) is 11.6 Å². The van der Waals surface area contributed by atoms with Gasteiger partial charge in [-0.05, 0) is 18.2 Å². The highest BCUT2D eigenvalue weighted by atomic mass is 35.5. The van der Waals surface area contributed by atoms with Gasteiger partial charge in [0.25, 0.3) is 0 Å². The Hall–Kier alpha value is -1.02. The van der Waals surface area contributed by atoms with Gasteiger partial charge in [0, 0.05) is 5.88 Å². The second kappa shape index (κ2) is 3.98. The quantitative estimate of drug-likeness (QED) is 0.515. The standard InChI is InChI=1S/C8H7ClO2/c9-5-1-2-7-3-4-8(6-10)11-7/h1-4,6H,5H2. The Bertz CT molecular complexity index is 263. The number of hydrogen-bond acceptors (Lipinski definition) is 2. The summed E-state index contributed by atoms with van der Waals surface area (Å²) in [6.45, 7) is 0. The molecule has 11 heavy (non-hydrogen) atoms. The fourth-order valence-corrected chi connectivity index (χ4v) is 0.771. The van der Waals surface area contributed by atoms with Crippen LogP contribution in [-0.4, -0.2) is 12.2 Å². The summed E-state index contributed by atoms with van der Waals surface area (Å²) >= 11 is 5.39. The molecule has 0 amide bonds. The minimum atomic E-state index is 0.333. The molecule has 0 N–H and O–H groups in total. The lowest BCUT2D eigenvalue weighted by atomic mass is 10.4. The van der Waals surface area contributed by atoms with Gasteiger partial charge in [-0.1, -0.05) is 6.08 Å². The summed E-state index contributed by atoms with van der Waals surface area (Å²) in [5.74, 6) is 1.42. The summed E-state index contributed by atoms with van der Waals surface area (Å²) in [6.07, 6.45) is 4.13. The largest absolute Gasteiger partial charge is 0.454 e. The van der Waals surface area contributed by atoms with Crippen molar-refractivity contribution in [2.24, 2.45) is 0 Å². The predicted molar refractivity (Wildman–Crippen MR) is 43.8 cm³/mol. The molecule has 0 radical (unpaired) electrons. The Labute approximate surface area is 69.5 Å². The van der Waals surface area contributed by atoms with E-state index in [1.54, 1.807) is 24.3 Å². The number of carbonyl (C=O) groups excluding carboxylic acids is 1. The minimum absolute atomic E-state index is 0.333. The first-order valence-corrected chi connectivity index (χ1v) is 3.68. The van der Waals surface area contributed by atoms with Crippen molar-refractivity contribution in [3.8, 4) is 0 Å². The molecule has 0 bridgehead atoms. The van der Waals surface area contributed by atoms with Crippen LogP contribution in [0, 0.1) is 0 Å². The zero-order chi connectivity index (χ0) is 8.10. The monoisotopic (exact) mass is 170 g/mol. The summed E-state index contributed by atoms with van der Waals surface area (Å²) in [5, 5.41) is 0. The van der Waals surface area contributed by atoms with Crippen molar-refractivity contribution in [3.63, 3.8) is 0 Å². The van der Waals surface area contributed by atoms with E-state index in [1.807, 2.05) is 0 Å². The average Bonchev–Trinajstić information content (AvgIpc) is 2.48. The molecule has 58 valence electrons. The van der Waals surface area contributed by atoms with Crippen molar-refractivity contribution in [3.05, 3.63) is 29.7 Å². The first-order valence-electron chi connectivity index (χ1n) is 3.14. The van der Waals surface area contributed by atoms with Crippen molar-refractivity contribution in [1.82, 2.24) is 0 Å². The second-order valence-electron chi connectivity index (χ2n) is 1.91. The van der Waals surface area contributed by atoms with Crippen LogP contribution in [-0.2, 0) is 0 Å². The van der Waals surface area contributed by atoms with Gasteiger partial charge in [0.2, 0.25) is 0 Å². The summed E-state index contributed by atoms with van der Waals surface area (Å²) in [6, 6.07) is 3.33. The third-order valence-electron chi connectivity index (χ3n) is 1.13. The molecule has 1 heterocycles. The van der Waals surface area contributed by atoms with Crippen LogP contribution in [0.15, 0.2) is 22.6 Å². The van der Waals surface area contributed by atoms with E-state index in [9.17, 15) is 4.79 Å². The van der Waals surface area contributed by atoms with Gasteiger partial charge in [0.05, 0.1) is 0 Å². The Morgan fingerprint density at radius 2 is 2.18 bits per heavy atom. The van der Waals surface area contributed by atoms with Crippen LogP contribution in [0.25, 0.3) is 6.08 Å². The average molecular weight is 171 g/mol. The zero-order valence-electron chi connectivity index (χ0n) is 5.79. The van der Waals surface area contributed by atoms with Crippen LogP contribution in [0.5, 0.6) is 0 Å². The fourth-order valence-electron chi connectivity index (χ4n) is 0.682. The summed E-state index contributed by atoms with van der Waals surface area (Å²) in [4.78, 5) is 10.1. The van der Waals surface area contributed by atoms with Crippen molar-refractivity contribution < 1.29 is 9.21 Å². The highest BCUT2D eigenvalue weighted by molar-refractivity contribution is 6.19. The maximum atomic E-state index is 10.1. The first kappa shape index (κ1) is 8.08. The molecule has 0 fully saturated rings. The number of rotatable bonds is 3. The van der Waals surface area contributed by atoms with Crippen molar-refractivity contribution in [2.45, 2.75) is 0 Å². The molecule has 2 nitrogen and oxygen atoms in total. The van der Waals surface area contributed by atoms with E-state index < -0.39 is 0 Å². The SMILES string of the molecule is O=Cc1ccc(C=CCCl)o1. The van der Waals surface area contributed by atoms with E-state index in [-0.39, 0.29) is 0 Å². The van der Waals surface area contributed by atoms with Crippen molar-refractivity contribution >= 4 is 24.0 Å². The van der Waals surface area contributed by atoms with E-state index >= 15 is 0 Å². The van der Waals surface area contributed by atoms with Crippen LogP contribution in [0.4, 0.5) is 0 Å². The predicted octanol–water partition coefficient (Wildman–Crippen LogP) is 2.34. The summed E-state index contributed by atoms with van der Waals surface area (Å²) in [7, 11) is 0. The molecule has 0 aliphatic carbocycles. The number of hydrogen-bond donors (Lipinski definition) is 0. The Morgan fingerprint density at radius 3 is 2.73 bits per heavy atom. The third-order valence-corrected chi connectivity index (χ3v) is 1.31. The maximum Gasteiger partial charge on any atom is 0.185 e. The molecule has 0 unspecified atom stereocenters. The number of halogens is 1. The van der Waals surface area contributed by atoms with Gasteiger partial charge >= 0.3 is 0 Å². The molecule has 1 aromatic rings. The number of carbonyl (C=O) groups is 1. The van der Waals surface area contributed by atoms with Gasteiger partial charge in [-0.25, -0.2) is 0 Å². The molecule has 0 atom stereocenters. The van der Waals surface area contributed by atoms with Gasteiger partial charge in [-0.3, -0.25) is 4.79 Å². The number of aldehydes is 1. The smallest absolute Gasteiger partial charge is 0.185 e. The van der Waals surface area contributed by atoms with Crippen LogP contribution >= 0.6 is 11.6 Å². The molecule has 0 saturated heterocycles. The molecule has 0 aromatic carbocycles. The summed E-state index contributed by atoms with van der Waals surface area (Å²) < 4.78 is 5.02. The van der Waals surface area contributed by atoms with Gasteiger partial charge in [0.15, 0.2) is 12.0 Å². The molecule has 0 aliphatic rings. The van der Waals surface area contributed by atoms with Crippen molar-refractivity contribution in [2.75, 3.05) is 5.88 Å². The van der Waals surface area contributed by atoms with Gasteiger partial charge in [0.1, 0.15) is 5.76 Å². The molecular weight excluding hydrogens is 164 g/mol. The lowest BCUT2D eigenvalue weighted by Gasteiger charge is -1.81. The van der Waals surface area contributed by atoms with Gasteiger partial charge in [-0.2, -0.15) is 0 Å². The van der Waals surface area contributed by atoms with Gasteiger partial charge < -0.3 is 4.42 Å². The van der Waals surface area contributed by atoms with Crippen LogP contribution in [0.1, 0.15) is 16.3 Å². The lowest BCUT2D eigenvalue weighted by Crippen LogP contribution is -1.67. The topological polar surface area (TPSA) is 30.2 Å². The van der Waals surface area contributed by atoms with Crippen LogP contribution in [0.2, 0.25) is 0 Å². The molecule has 0 saturated carbocycles. The maximum absolute atomic E-state index is 10.1. The summed E-state index contributed by atoms with van der Waals surface area (Å²) in [5.41, 5.74) is 0. The third kappa shape index (κ3) is 2.24. The number of alkyl halides is 1. The Balaban J connectivity index is 2.72. The molecule has 1 aromatic heterocycles. The highest BCUT2D eigenvalue weighted by Crippen LogP contribution is 2.07. The van der Waals surface area contributed by atoms with E-state index in [0.717, 1.165) is 0 Å². The van der Waals surface area contributed by atoms with E-state index in [2.05, 4.69) is 0 Å². The highest BCUT2D eigenvalue weighted by Gasteiger charge is 1.94. The molecule has 0 spiro atoms. The van der Waals surface area contributed by atoms with Crippen molar-refractivity contribution in [1.29, 1.82) is 0 Å². The lowest BCUT2D eigenvalue weighted by molar-refractivity contribution is 0.110. The number of allylic oxidation sites excluding steroid dienone is 1. The minimum Gasteiger partial charge on any atom is -0.454 e. The first-order chi connectivity index (χ1) is 5.36. The van der Waals surface area contributed by atoms with Crippen LogP contribution in [0.3, 0.4) is 0 Å². The molecular formula is C8H7ClO2. The Morgan fingerprint density at radius 1 is 1.45 bits per heavy atom. The van der Waals surface area contributed by atoms with E-state index in [1.165, 1.54) is 0 Å². The fraction of sp³-hybridized carbons (Fsp3) is 0.125.